The van der Waals surface area contributed by atoms with Crippen molar-refractivity contribution in [2.75, 3.05) is 5.75 Å². The van der Waals surface area contributed by atoms with Crippen molar-refractivity contribution in [1.82, 2.24) is 9.78 Å². The van der Waals surface area contributed by atoms with Crippen LogP contribution >= 0.6 is 23.4 Å². The second-order valence-corrected chi connectivity index (χ2v) is 5.49. The molecule has 0 radical (unpaired) electrons. The predicted octanol–water partition coefficient (Wildman–Crippen LogP) is 2.61. The molecule has 1 heterocycles. The minimum absolute atomic E-state index is 0.278. The van der Waals surface area contributed by atoms with Gasteiger partial charge in [0.05, 0.1) is 16.4 Å². The monoisotopic (exact) mass is 261 g/mol. The molecular formula is C11H20ClN3S. The van der Waals surface area contributed by atoms with Crippen LogP contribution in [-0.2, 0) is 19.2 Å². The van der Waals surface area contributed by atoms with Crippen LogP contribution in [0.3, 0.4) is 0 Å². The molecular weight excluding hydrogens is 242 g/mol. The van der Waals surface area contributed by atoms with E-state index in [0.717, 1.165) is 40.8 Å². The lowest BCUT2D eigenvalue weighted by Crippen LogP contribution is -2.15. The standard InChI is InChI=1S/C11H20ClN3S/c1-4-9-11(12)10(15(3)14-9)7-16-6-5-8(2)13/h8H,4-7,13H2,1-3H3. The Labute approximate surface area is 107 Å². The summed E-state index contributed by atoms with van der Waals surface area (Å²) in [5.41, 5.74) is 7.81. The lowest BCUT2D eigenvalue weighted by atomic mass is 10.3. The lowest BCUT2D eigenvalue weighted by Gasteiger charge is -2.05. The summed E-state index contributed by atoms with van der Waals surface area (Å²) in [4.78, 5) is 0. The van der Waals surface area contributed by atoms with Gasteiger partial charge in [-0.1, -0.05) is 18.5 Å². The van der Waals surface area contributed by atoms with Crippen LogP contribution in [0.5, 0.6) is 0 Å². The van der Waals surface area contributed by atoms with Gasteiger partial charge in [0, 0.05) is 18.8 Å². The molecule has 0 aliphatic rings. The van der Waals surface area contributed by atoms with E-state index in [2.05, 4.69) is 12.0 Å². The van der Waals surface area contributed by atoms with E-state index >= 15 is 0 Å². The van der Waals surface area contributed by atoms with Gasteiger partial charge in [-0.15, -0.1) is 0 Å². The zero-order valence-electron chi connectivity index (χ0n) is 10.2. The van der Waals surface area contributed by atoms with Gasteiger partial charge in [0.1, 0.15) is 0 Å². The molecule has 1 rings (SSSR count). The molecule has 0 saturated heterocycles. The minimum Gasteiger partial charge on any atom is -0.328 e. The molecule has 16 heavy (non-hydrogen) atoms. The first-order valence-corrected chi connectivity index (χ1v) is 7.13. The van der Waals surface area contributed by atoms with E-state index in [4.69, 9.17) is 17.3 Å². The van der Waals surface area contributed by atoms with E-state index in [1.165, 1.54) is 0 Å². The average Bonchev–Trinajstić information content (AvgIpc) is 2.50. The van der Waals surface area contributed by atoms with Crippen molar-refractivity contribution in [3.8, 4) is 0 Å². The molecule has 3 nitrogen and oxygen atoms in total. The first kappa shape index (κ1) is 13.9. The second kappa shape index (κ2) is 6.52. The van der Waals surface area contributed by atoms with E-state index in [1.54, 1.807) is 0 Å². The van der Waals surface area contributed by atoms with Crippen LogP contribution in [0.25, 0.3) is 0 Å². The third kappa shape index (κ3) is 3.68. The number of hydrogen-bond donors (Lipinski definition) is 1. The van der Waals surface area contributed by atoms with Crippen molar-refractivity contribution < 1.29 is 0 Å². The summed E-state index contributed by atoms with van der Waals surface area (Å²) in [7, 11) is 1.95. The summed E-state index contributed by atoms with van der Waals surface area (Å²) in [5.74, 6) is 1.98. The van der Waals surface area contributed by atoms with Gasteiger partial charge < -0.3 is 5.73 Å². The quantitative estimate of drug-likeness (QED) is 0.801. The maximum absolute atomic E-state index is 6.25. The highest BCUT2D eigenvalue weighted by Gasteiger charge is 2.12. The summed E-state index contributed by atoms with van der Waals surface area (Å²) in [6, 6.07) is 0.278. The molecule has 1 unspecified atom stereocenters. The van der Waals surface area contributed by atoms with Gasteiger partial charge >= 0.3 is 0 Å². The Morgan fingerprint density at radius 1 is 1.56 bits per heavy atom. The van der Waals surface area contributed by atoms with Gasteiger partial charge in [-0.25, -0.2) is 0 Å². The number of aryl methyl sites for hydroxylation is 2. The van der Waals surface area contributed by atoms with Crippen LogP contribution in [-0.4, -0.2) is 21.6 Å². The van der Waals surface area contributed by atoms with Gasteiger partial charge in [0.25, 0.3) is 0 Å². The molecule has 0 saturated carbocycles. The fraction of sp³-hybridized carbons (Fsp3) is 0.727. The number of rotatable bonds is 6. The molecule has 0 aliphatic heterocycles. The fourth-order valence-corrected chi connectivity index (χ4v) is 3.06. The number of hydrogen-bond acceptors (Lipinski definition) is 3. The third-order valence-corrected chi connectivity index (χ3v) is 3.90. The molecule has 2 N–H and O–H groups in total. The summed E-state index contributed by atoms with van der Waals surface area (Å²) in [6.07, 6.45) is 1.93. The van der Waals surface area contributed by atoms with Crippen molar-refractivity contribution in [2.24, 2.45) is 12.8 Å². The highest BCUT2D eigenvalue weighted by atomic mass is 35.5. The smallest absolute Gasteiger partial charge is 0.0858 e. The van der Waals surface area contributed by atoms with Crippen molar-refractivity contribution >= 4 is 23.4 Å². The second-order valence-electron chi connectivity index (χ2n) is 4.00. The van der Waals surface area contributed by atoms with Gasteiger partial charge in [0.2, 0.25) is 0 Å². The zero-order valence-corrected chi connectivity index (χ0v) is 11.7. The van der Waals surface area contributed by atoms with Gasteiger partial charge in [-0.3, -0.25) is 4.68 Å². The van der Waals surface area contributed by atoms with E-state index < -0.39 is 0 Å². The number of nitrogens with two attached hydrogens (primary N) is 1. The highest BCUT2D eigenvalue weighted by molar-refractivity contribution is 7.98. The molecule has 5 heteroatoms. The Balaban J connectivity index is 2.50. The largest absolute Gasteiger partial charge is 0.328 e. The fourth-order valence-electron chi connectivity index (χ4n) is 1.41. The maximum Gasteiger partial charge on any atom is 0.0858 e. The number of nitrogens with zero attached hydrogens (tertiary/aromatic N) is 2. The Morgan fingerprint density at radius 3 is 2.75 bits per heavy atom. The van der Waals surface area contributed by atoms with E-state index in [-0.39, 0.29) is 6.04 Å². The Hall–Kier alpha value is -0.190. The van der Waals surface area contributed by atoms with Gasteiger partial charge in [0.15, 0.2) is 0 Å². The normalized spacial score (nSPS) is 13.1. The van der Waals surface area contributed by atoms with Crippen LogP contribution in [0.15, 0.2) is 0 Å². The van der Waals surface area contributed by atoms with Crippen molar-refractivity contribution in [2.45, 2.75) is 38.5 Å². The number of thioether (sulfide) groups is 1. The molecule has 0 spiro atoms. The van der Waals surface area contributed by atoms with Crippen LogP contribution < -0.4 is 5.73 Å². The van der Waals surface area contributed by atoms with E-state index in [9.17, 15) is 0 Å². The van der Waals surface area contributed by atoms with Crippen molar-refractivity contribution in [3.63, 3.8) is 0 Å². The molecule has 92 valence electrons. The van der Waals surface area contributed by atoms with Crippen LogP contribution in [0, 0.1) is 0 Å². The van der Waals surface area contributed by atoms with Crippen LogP contribution in [0.2, 0.25) is 5.02 Å². The zero-order chi connectivity index (χ0) is 12.1. The first-order valence-electron chi connectivity index (χ1n) is 5.59. The first-order chi connectivity index (χ1) is 7.56. The van der Waals surface area contributed by atoms with Crippen LogP contribution in [0.4, 0.5) is 0 Å². The highest BCUT2D eigenvalue weighted by Crippen LogP contribution is 2.25. The molecule has 0 aromatic carbocycles. The molecule has 1 aromatic rings. The SMILES string of the molecule is CCc1nn(C)c(CSCCC(C)N)c1Cl. The Bertz CT molecular complexity index is 336. The maximum atomic E-state index is 6.25. The number of aromatic nitrogens is 2. The minimum atomic E-state index is 0.278. The predicted molar refractivity (Wildman–Crippen MR) is 72.0 cm³/mol. The summed E-state index contributed by atoms with van der Waals surface area (Å²) in [6.45, 7) is 4.11. The lowest BCUT2D eigenvalue weighted by molar-refractivity contribution is 0.714. The molecule has 0 amide bonds. The summed E-state index contributed by atoms with van der Waals surface area (Å²) in [5, 5.41) is 5.22. The molecule has 1 aromatic heterocycles. The Morgan fingerprint density at radius 2 is 2.25 bits per heavy atom. The van der Waals surface area contributed by atoms with Crippen molar-refractivity contribution in [1.29, 1.82) is 0 Å². The molecule has 0 bridgehead atoms. The van der Waals surface area contributed by atoms with E-state index in [0.29, 0.717) is 0 Å². The summed E-state index contributed by atoms with van der Waals surface area (Å²) < 4.78 is 1.89. The summed E-state index contributed by atoms with van der Waals surface area (Å²) >= 11 is 8.11. The molecule has 0 aliphatic carbocycles. The average molecular weight is 262 g/mol. The van der Waals surface area contributed by atoms with Crippen LogP contribution in [0.1, 0.15) is 31.7 Å². The van der Waals surface area contributed by atoms with Gasteiger partial charge in [-0.05, 0) is 25.5 Å². The molecule has 1 atom stereocenters. The van der Waals surface area contributed by atoms with E-state index in [1.807, 2.05) is 30.4 Å². The Kier molecular flexibility index (Phi) is 5.66. The third-order valence-electron chi connectivity index (χ3n) is 2.46. The number of halogens is 1. The van der Waals surface area contributed by atoms with Gasteiger partial charge in [-0.2, -0.15) is 16.9 Å². The van der Waals surface area contributed by atoms with Crippen molar-refractivity contribution in [3.05, 3.63) is 16.4 Å². The molecule has 0 fully saturated rings. The topological polar surface area (TPSA) is 43.8 Å².